The van der Waals surface area contributed by atoms with Gasteiger partial charge in [0.2, 0.25) is 0 Å². The average Bonchev–Trinajstić information content (AvgIpc) is 2.30. The van der Waals surface area contributed by atoms with E-state index in [4.69, 9.17) is 19.8 Å². The predicted molar refractivity (Wildman–Crippen MR) is 58.4 cm³/mol. The zero-order chi connectivity index (χ0) is 12.0. The molecule has 86 valence electrons. The highest BCUT2D eigenvalue weighted by molar-refractivity contribution is 6.27. The van der Waals surface area contributed by atoms with Crippen molar-refractivity contribution in [1.82, 2.24) is 0 Å². The predicted octanol–water partition coefficient (Wildman–Crippen LogP) is 1.72. The molecule has 4 heteroatoms. The van der Waals surface area contributed by atoms with Crippen LogP contribution in [0.2, 0.25) is 0 Å². The van der Waals surface area contributed by atoms with Gasteiger partial charge in [0.25, 0.3) is 0 Å². The Morgan fingerprint density at radius 3 is 1.56 bits per heavy atom. The second-order valence-electron chi connectivity index (χ2n) is 3.59. The average molecular weight is 222 g/mol. The highest BCUT2D eigenvalue weighted by Gasteiger charge is 2.06. The van der Waals surface area contributed by atoms with Crippen molar-refractivity contribution in [2.45, 2.75) is 25.7 Å². The first-order valence-corrected chi connectivity index (χ1v) is 5.14. The van der Waals surface area contributed by atoms with E-state index < -0.39 is 11.9 Å². The van der Waals surface area contributed by atoms with Crippen molar-refractivity contribution < 1.29 is 19.8 Å². The maximum Gasteiger partial charge on any atom is 0.414 e. The van der Waals surface area contributed by atoms with E-state index >= 15 is 0 Å². The Kier molecular flexibility index (Phi) is 4.51. The molecule has 2 rings (SSSR count). The van der Waals surface area contributed by atoms with Gasteiger partial charge >= 0.3 is 11.9 Å². The summed E-state index contributed by atoms with van der Waals surface area (Å²) in [5.74, 6) is -3.65. The number of carboxylic acids is 2. The van der Waals surface area contributed by atoms with Crippen LogP contribution in [0.4, 0.5) is 0 Å². The smallest absolute Gasteiger partial charge is 0.414 e. The number of aliphatic carboxylic acids is 2. The van der Waals surface area contributed by atoms with E-state index in [1.807, 2.05) is 0 Å². The fourth-order valence-electron chi connectivity index (χ4n) is 1.68. The van der Waals surface area contributed by atoms with Crippen LogP contribution < -0.4 is 0 Å². The van der Waals surface area contributed by atoms with E-state index in [9.17, 15) is 0 Å². The topological polar surface area (TPSA) is 74.6 Å². The summed E-state index contributed by atoms with van der Waals surface area (Å²) in [5, 5.41) is 14.8. The molecule has 0 bridgehead atoms. The molecule has 1 aliphatic rings. The van der Waals surface area contributed by atoms with Crippen molar-refractivity contribution in [3.63, 3.8) is 0 Å². The molecule has 0 atom stereocenters. The summed E-state index contributed by atoms with van der Waals surface area (Å²) in [4.78, 5) is 18.2. The van der Waals surface area contributed by atoms with Crippen LogP contribution in [0.5, 0.6) is 0 Å². The van der Waals surface area contributed by atoms with Gasteiger partial charge < -0.3 is 10.2 Å². The number of fused-ring (bicyclic) bond motifs is 1. The van der Waals surface area contributed by atoms with Crippen molar-refractivity contribution >= 4 is 11.9 Å². The molecule has 0 saturated carbocycles. The summed E-state index contributed by atoms with van der Waals surface area (Å²) in [5.41, 5.74) is 3.16. The number of carboxylic acid groups (broad SMARTS) is 2. The van der Waals surface area contributed by atoms with Crippen molar-refractivity contribution in [3.05, 3.63) is 35.4 Å². The standard InChI is InChI=1S/C10H12.C2H2O4/c1-2-6-10-8-4-3-7-9(10)5-1;3-1(4)2(5)6/h1-2,5-6H,3-4,7-8H2;(H,3,4)(H,5,6). The first-order valence-electron chi connectivity index (χ1n) is 5.14. The summed E-state index contributed by atoms with van der Waals surface area (Å²) in [7, 11) is 0. The summed E-state index contributed by atoms with van der Waals surface area (Å²) >= 11 is 0. The molecule has 0 unspecified atom stereocenters. The Hall–Kier alpha value is -1.84. The molecule has 0 fully saturated rings. The first kappa shape index (κ1) is 12.2. The lowest BCUT2D eigenvalue weighted by Crippen LogP contribution is -2.09. The van der Waals surface area contributed by atoms with Gasteiger partial charge in [0.15, 0.2) is 0 Å². The molecular formula is C12H14O4. The van der Waals surface area contributed by atoms with Crippen LogP contribution in [0.25, 0.3) is 0 Å². The van der Waals surface area contributed by atoms with E-state index in [2.05, 4.69) is 24.3 Å². The molecule has 16 heavy (non-hydrogen) atoms. The Balaban J connectivity index is 0.000000187. The van der Waals surface area contributed by atoms with Gasteiger partial charge in [-0.3, -0.25) is 0 Å². The molecular weight excluding hydrogens is 208 g/mol. The zero-order valence-corrected chi connectivity index (χ0v) is 8.85. The molecule has 1 aromatic carbocycles. The van der Waals surface area contributed by atoms with Gasteiger partial charge in [-0.15, -0.1) is 0 Å². The number of aryl methyl sites for hydroxylation is 2. The minimum absolute atomic E-state index is 1.30. The van der Waals surface area contributed by atoms with Gasteiger partial charge in [-0.25, -0.2) is 9.59 Å². The van der Waals surface area contributed by atoms with Crippen LogP contribution in [-0.4, -0.2) is 22.2 Å². The van der Waals surface area contributed by atoms with E-state index in [0.717, 1.165) is 0 Å². The highest BCUT2D eigenvalue weighted by atomic mass is 16.4. The Labute approximate surface area is 93.5 Å². The van der Waals surface area contributed by atoms with Crippen LogP contribution in [-0.2, 0) is 22.4 Å². The number of rotatable bonds is 0. The number of hydrogen-bond acceptors (Lipinski definition) is 2. The van der Waals surface area contributed by atoms with Crippen molar-refractivity contribution in [2.75, 3.05) is 0 Å². The lowest BCUT2D eigenvalue weighted by atomic mass is 9.92. The maximum absolute atomic E-state index is 9.10. The van der Waals surface area contributed by atoms with Gasteiger partial charge in [0.1, 0.15) is 0 Å². The van der Waals surface area contributed by atoms with Crippen LogP contribution in [0.15, 0.2) is 24.3 Å². The SMILES string of the molecule is O=C(O)C(=O)O.c1ccc2c(c1)CCCC2. The molecule has 0 amide bonds. The van der Waals surface area contributed by atoms with Crippen LogP contribution in [0.3, 0.4) is 0 Å². The highest BCUT2D eigenvalue weighted by Crippen LogP contribution is 2.19. The quantitative estimate of drug-likeness (QED) is 0.655. The van der Waals surface area contributed by atoms with Gasteiger partial charge in [-0.05, 0) is 36.8 Å². The number of carbonyl (C=O) groups is 2. The van der Waals surface area contributed by atoms with Gasteiger partial charge in [0, 0.05) is 0 Å². The third-order valence-corrected chi connectivity index (χ3v) is 2.44. The van der Waals surface area contributed by atoms with Crippen LogP contribution in [0.1, 0.15) is 24.0 Å². The minimum Gasteiger partial charge on any atom is -0.473 e. The fourth-order valence-corrected chi connectivity index (χ4v) is 1.68. The zero-order valence-electron chi connectivity index (χ0n) is 8.85. The Morgan fingerprint density at radius 2 is 1.25 bits per heavy atom. The summed E-state index contributed by atoms with van der Waals surface area (Å²) in [6.07, 6.45) is 5.38. The Bertz CT molecular complexity index is 347. The molecule has 0 heterocycles. The Morgan fingerprint density at radius 1 is 0.875 bits per heavy atom. The van der Waals surface area contributed by atoms with Crippen molar-refractivity contribution in [2.24, 2.45) is 0 Å². The molecule has 0 spiro atoms. The molecule has 4 nitrogen and oxygen atoms in total. The van der Waals surface area contributed by atoms with Gasteiger partial charge in [-0.2, -0.15) is 0 Å². The molecule has 1 aromatic rings. The lowest BCUT2D eigenvalue weighted by molar-refractivity contribution is -0.159. The summed E-state index contributed by atoms with van der Waals surface area (Å²) < 4.78 is 0. The van der Waals surface area contributed by atoms with Gasteiger partial charge in [-0.1, -0.05) is 24.3 Å². The minimum atomic E-state index is -1.82. The fraction of sp³-hybridized carbons (Fsp3) is 0.333. The monoisotopic (exact) mass is 222 g/mol. The third kappa shape index (κ3) is 3.73. The maximum atomic E-state index is 9.10. The van der Waals surface area contributed by atoms with Crippen molar-refractivity contribution in [1.29, 1.82) is 0 Å². The summed E-state index contributed by atoms with van der Waals surface area (Å²) in [6, 6.07) is 8.80. The molecule has 1 aliphatic carbocycles. The molecule has 2 N–H and O–H groups in total. The van der Waals surface area contributed by atoms with E-state index in [1.54, 1.807) is 11.1 Å². The van der Waals surface area contributed by atoms with Gasteiger partial charge in [0.05, 0.1) is 0 Å². The molecule has 0 radical (unpaired) electrons. The lowest BCUT2D eigenvalue weighted by Gasteiger charge is -2.13. The van der Waals surface area contributed by atoms with E-state index in [-0.39, 0.29) is 0 Å². The number of hydrogen-bond donors (Lipinski definition) is 2. The van der Waals surface area contributed by atoms with E-state index in [0.29, 0.717) is 0 Å². The second-order valence-corrected chi connectivity index (χ2v) is 3.59. The molecule has 0 aliphatic heterocycles. The van der Waals surface area contributed by atoms with Crippen molar-refractivity contribution in [3.8, 4) is 0 Å². The normalized spacial score (nSPS) is 13.0. The van der Waals surface area contributed by atoms with Crippen LogP contribution in [0, 0.1) is 0 Å². The second kappa shape index (κ2) is 5.90. The molecule has 0 saturated heterocycles. The van der Waals surface area contributed by atoms with E-state index in [1.165, 1.54) is 25.7 Å². The largest absolute Gasteiger partial charge is 0.473 e. The van der Waals surface area contributed by atoms with Crippen LogP contribution >= 0.6 is 0 Å². The third-order valence-electron chi connectivity index (χ3n) is 2.44. The first-order chi connectivity index (χ1) is 7.61. The number of benzene rings is 1. The summed E-state index contributed by atoms with van der Waals surface area (Å²) in [6.45, 7) is 0. The molecule has 0 aromatic heterocycles.